The maximum absolute atomic E-state index is 5.99. The van der Waals surface area contributed by atoms with Crippen LogP contribution in [-0.4, -0.2) is 29.3 Å². The fourth-order valence-electron chi connectivity index (χ4n) is 2.04. The number of pyridine rings is 1. The van der Waals surface area contributed by atoms with Crippen LogP contribution in [0.4, 0.5) is 0 Å². The highest BCUT2D eigenvalue weighted by atomic mass is 16.7. The third-order valence-corrected chi connectivity index (χ3v) is 3.85. The van der Waals surface area contributed by atoms with Gasteiger partial charge in [-0.15, -0.1) is 0 Å². The molecule has 1 aromatic rings. The second kappa shape index (κ2) is 4.89. The van der Waals surface area contributed by atoms with Crippen molar-refractivity contribution in [2.75, 3.05) is 0 Å². The number of hydrogen-bond donors (Lipinski definition) is 1. The van der Waals surface area contributed by atoms with Crippen molar-refractivity contribution in [3.05, 3.63) is 23.9 Å². The SMILES string of the molecule is CC(N)Cc1cccc(B2OC(C)(C)C(C)(C)O2)n1. The highest BCUT2D eigenvalue weighted by Gasteiger charge is 2.52. The van der Waals surface area contributed by atoms with E-state index in [0.717, 1.165) is 17.7 Å². The second-order valence-corrected chi connectivity index (χ2v) is 6.32. The molecule has 2 heterocycles. The summed E-state index contributed by atoms with van der Waals surface area (Å²) in [7, 11) is -0.405. The average molecular weight is 262 g/mol. The van der Waals surface area contributed by atoms with Gasteiger partial charge >= 0.3 is 7.12 Å². The molecule has 0 amide bonds. The van der Waals surface area contributed by atoms with Gasteiger partial charge in [0.25, 0.3) is 0 Å². The normalized spacial score (nSPS) is 22.5. The molecule has 19 heavy (non-hydrogen) atoms. The smallest absolute Gasteiger partial charge is 0.398 e. The van der Waals surface area contributed by atoms with Crippen molar-refractivity contribution in [2.45, 2.75) is 58.3 Å². The number of rotatable bonds is 3. The van der Waals surface area contributed by atoms with Crippen LogP contribution >= 0.6 is 0 Å². The second-order valence-electron chi connectivity index (χ2n) is 6.32. The van der Waals surface area contributed by atoms with E-state index in [9.17, 15) is 0 Å². The van der Waals surface area contributed by atoms with Crippen LogP contribution in [0, 0.1) is 0 Å². The minimum atomic E-state index is -0.405. The van der Waals surface area contributed by atoms with E-state index >= 15 is 0 Å². The van der Waals surface area contributed by atoms with Crippen LogP contribution in [0.15, 0.2) is 18.2 Å². The summed E-state index contributed by atoms with van der Waals surface area (Å²) in [4.78, 5) is 4.60. The Hall–Kier alpha value is -0.905. The van der Waals surface area contributed by atoms with Gasteiger partial charge in [0.15, 0.2) is 0 Å². The maximum Gasteiger partial charge on any atom is 0.514 e. The number of nitrogens with two attached hydrogens (primary N) is 1. The molecular formula is C14H23BN2O2. The van der Waals surface area contributed by atoms with Gasteiger partial charge in [0, 0.05) is 18.2 Å². The Morgan fingerprint density at radius 2 is 1.79 bits per heavy atom. The van der Waals surface area contributed by atoms with Crippen molar-refractivity contribution in [1.82, 2.24) is 4.98 Å². The third kappa shape index (κ3) is 2.99. The molecule has 0 bridgehead atoms. The van der Waals surface area contributed by atoms with Gasteiger partial charge in [0.1, 0.15) is 0 Å². The van der Waals surface area contributed by atoms with E-state index in [2.05, 4.69) is 4.98 Å². The molecule has 104 valence electrons. The summed E-state index contributed by atoms with van der Waals surface area (Å²) in [6, 6.07) is 6.00. The first kappa shape index (κ1) is 14.5. The monoisotopic (exact) mass is 262 g/mol. The molecule has 0 radical (unpaired) electrons. The molecule has 4 nitrogen and oxygen atoms in total. The van der Waals surface area contributed by atoms with Crippen LogP contribution in [0.3, 0.4) is 0 Å². The highest BCUT2D eigenvalue weighted by molar-refractivity contribution is 6.61. The summed E-state index contributed by atoms with van der Waals surface area (Å²) >= 11 is 0. The predicted octanol–water partition coefficient (Wildman–Crippen LogP) is 1.27. The lowest BCUT2D eigenvalue weighted by atomic mass is 9.84. The van der Waals surface area contributed by atoms with E-state index in [1.165, 1.54) is 0 Å². The summed E-state index contributed by atoms with van der Waals surface area (Å²) in [6.45, 7) is 10.1. The lowest BCUT2D eigenvalue weighted by Crippen LogP contribution is -2.41. The largest absolute Gasteiger partial charge is 0.514 e. The summed E-state index contributed by atoms with van der Waals surface area (Å²) in [5.74, 6) is 0. The fraction of sp³-hybridized carbons (Fsp3) is 0.643. The van der Waals surface area contributed by atoms with Gasteiger partial charge in [-0.2, -0.15) is 0 Å². The van der Waals surface area contributed by atoms with Crippen LogP contribution in [0.2, 0.25) is 0 Å². The van der Waals surface area contributed by atoms with Gasteiger partial charge in [-0.1, -0.05) is 6.07 Å². The Kier molecular flexibility index (Phi) is 3.73. The van der Waals surface area contributed by atoms with Gasteiger partial charge in [-0.3, -0.25) is 4.98 Å². The molecule has 1 saturated heterocycles. The maximum atomic E-state index is 5.99. The minimum Gasteiger partial charge on any atom is -0.398 e. The molecule has 0 saturated carbocycles. The van der Waals surface area contributed by atoms with E-state index in [1.54, 1.807) is 0 Å². The van der Waals surface area contributed by atoms with Crippen molar-refractivity contribution >= 4 is 12.7 Å². The fourth-order valence-corrected chi connectivity index (χ4v) is 2.04. The van der Waals surface area contributed by atoms with E-state index in [0.29, 0.717) is 0 Å². The molecule has 2 N–H and O–H groups in total. The van der Waals surface area contributed by atoms with Crippen LogP contribution in [-0.2, 0) is 15.7 Å². The van der Waals surface area contributed by atoms with Crippen LogP contribution < -0.4 is 11.3 Å². The Balaban J connectivity index is 2.20. The zero-order valence-electron chi connectivity index (χ0n) is 12.4. The summed E-state index contributed by atoms with van der Waals surface area (Å²) in [5.41, 5.74) is 6.93. The molecular weight excluding hydrogens is 239 g/mol. The van der Waals surface area contributed by atoms with Gasteiger partial charge in [0.05, 0.1) is 16.8 Å². The summed E-state index contributed by atoms with van der Waals surface area (Å²) < 4.78 is 12.0. The number of hydrogen-bond acceptors (Lipinski definition) is 4. The average Bonchev–Trinajstić information content (AvgIpc) is 2.47. The van der Waals surface area contributed by atoms with Crippen molar-refractivity contribution in [3.63, 3.8) is 0 Å². The van der Waals surface area contributed by atoms with Crippen molar-refractivity contribution in [2.24, 2.45) is 5.73 Å². The lowest BCUT2D eigenvalue weighted by Gasteiger charge is -2.32. The highest BCUT2D eigenvalue weighted by Crippen LogP contribution is 2.36. The third-order valence-electron chi connectivity index (χ3n) is 3.85. The molecule has 1 atom stereocenters. The van der Waals surface area contributed by atoms with Crippen molar-refractivity contribution in [3.8, 4) is 0 Å². The summed E-state index contributed by atoms with van der Waals surface area (Å²) in [5, 5.41) is 0. The standard InChI is InChI=1S/C14H23BN2O2/c1-10(16)9-11-7-6-8-12(17-11)15-18-13(2,3)14(4,5)19-15/h6-8,10H,9,16H2,1-5H3. The molecule has 0 spiro atoms. The van der Waals surface area contributed by atoms with Gasteiger partial charge < -0.3 is 15.0 Å². The minimum absolute atomic E-state index is 0.0982. The van der Waals surface area contributed by atoms with Crippen LogP contribution in [0.25, 0.3) is 0 Å². The topological polar surface area (TPSA) is 57.4 Å². The first-order valence-electron chi connectivity index (χ1n) is 6.78. The Labute approximate surface area is 115 Å². The Morgan fingerprint density at radius 3 is 2.32 bits per heavy atom. The molecule has 5 heteroatoms. The molecule has 1 aromatic heterocycles. The summed E-state index contributed by atoms with van der Waals surface area (Å²) in [6.07, 6.45) is 0.757. The van der Waals surface area contributed by atoms with E-state index in [4.69, 9.17) is 15.0 Å². The van der Waals surface area contributed by atoms with E-state index in [1.807, 2.05) is 52.8 Å². The lowest BCUT2D eigenvalue weighted by molar-refractivity contribution is 0.00578. The number of aromatic nitrogens is 1. The van der Waals surface area contributed by atoms with Crippen molar-refractivity contribution < 1.29 is 9.31 Å². The molecule has 1 aliphatic heterocycles. The van der Waals surface area contributed by atoms with E-state index in [-0.39, 0.29) is 17.2 Å². The number of nitrogens with zero attached hydrogens (tertiary/aromatic N) is 1. The molecule has 1 unspecified atom stereocenters. The quantitative estimate of drug-likeness (QED) is 0.833. The molecule has 0 aromatic carbocycles. The van der Waals surface area contributed by atoms with Crippen molar-refractivity contribution in [1.29, 1.82) is 0 Å². The van der Waals surface area contributed by atoms with Crippen LogP contribution in [0.5, 0.6) is 0 Å². The molecule has 2 rings (SSSR count). The molecule has 1 fully saturated rings. The van der Waals surface area contributed by atoms with Gasteiger partial charge in [0.2, 0.25) is 0 Å². The Morgan fingerprint density at radius 1 is 1.21 bits per heavy atom. The van der Waals surface area contributed by atoms with E-state index < -0.39 is 7.12 Å². The molecule has 1 aliphatic rings. The first-order chi connectivity index (χ1) is 8.71. The Bertz CT molecular complexity index is 445. The zero-order valence-corrected chi connectivity index (χ0v) is 12.4. The van der Waals surface area contributed by atoms with Gasteiger partial charge in [-0.05, 0) is 46.8 Å². The van der Waals surface area contributed by atoms with Gasteiger partial charge in [-0.25, -0.2) is 0 Å². The first-order valence-corrected chi connectivity index (χ1v) is 6.78. The molecule has 0 aliphatic carbocycles. The van der Waals surface area contributed by atoms with Crippen LogP contribution in [0.1, 0.15) is 40.3 Å². The predicted molar refractivity (Wildman–Crippen MR) is 77.3 cm³/mol. The zero-order chi connectivity index (χ0) is 14.3.